The van der Waals surface area contributed by atoms with Crippen LogP contribution in [0.3, 0.4) is 0 Å². The molecule has 0 bridgehead atoms. The first-order valence-electron chi connectivity index (χ1n) is 7.80. The number of rotatable bonds is 4. The second-order valence-corrected chi connectivity index (χ2v) is 6.22. The lowest BCUT2D eigenvalue weighted by Crippen LogP contribution is -2.27. The van der Waals surface area contributed by atoms with Crippen LogP contribution in [0.5, 0.6) is 5.75 Å². The average molecular weight is 289 g/mol. The Hall–Kier alpha value is -1.71. The molecule has 1 unspecified atom stereocenters. The van der Waals surface area contributed by atoms with Crippen LogP contribution in [0.15, 0.2) is 18.2 Å². The molecule has 0 aromatic heterocycles. The molecule has 0 amide bonds. The largest absolute Gasteiger partial charge is 0.497 e. The molecule has 1 aromatic rings. The Morgan fingerprint density at radius 2 is 2.10 bits per heavy atom. The Labute approximate surface area is 127 Å². The number of nitrogens with one attached hydrogen (secondary N) is 1. The van der Waals surface area contributed by atoms with Crippen LogP contribution in [-0.2, 0) is 0 Å². The zero-order valence-electron chi connectivity index (χ0n) is 13.4. The SMILES string of the molecule is COc1ccc(C(=N)N)c(N2CCCC(C(C)C)CC2)c1. The third-order valence-corrected chi connectivity index (χ3v) is 4.55. The molecule has 1 atom stereocenters. The molecule has 1 aromatic carbocycles. The van der Waals surface area contributed by atoms with Crippen molar-refractivity contribution >= 4 is 11.5 Å². The summed E-state index contributed by atoms with van der Waals surface area (Å²) in [7, 11) is 1.67. The number of methoxy groups -OCH3 is 1. The Bertz CT molecular complexity index is 499. The van der Waals surface area contributed by atoms with Gasteiger partial charge in [0.2, 0.25) is 0 Å². The Morgan fingerprint density at radius 1 is 1.33 bits per heavy atom. The van der Waals surface area contributed by atoms with Gasteiger partial charge in [-0.3, -0.25) is 5.41 Å². The van der Waals surface area contributed by atoms with Crippen LogP contribution in [0.4, 0.5) is 5.69 Å². The van der Waals surface area contributed by atoms with Gasteiger partial charge >= 0.3 is 0 Å². The number of nitrogens with two attached hydrogens (primary N) is 1. The van der Waals surface area contributed by atoms with E-state index in [0.29, 0.717) is 0 Å². The van der Waals surface area contributed by atoms with E-state index in [1.165, 1.54) is 19.3 Å². The molecule has 4 nitrogen and oxygen atoms in total. The van der Waals surface area contributed by atoms with Gasteiger partial charge in [-0.1, -0.05) is 13.8 Å². The molecule has 3 N–H and O–H groups in total. The highest BCUT2D eigenvalue weighted by Gasteiger charge is 2.21. The zero-order valence-corrected chi connectivity index (χ0v) is 13.4. The van der Waals surface area contributed by atoms with Gasteiger partial charge in [-0.25, -0.2) is 0 Å². The predicted molar refractivity (Wildman–Crippen MR) is 88.4 cm³/mol. The summed E-state index contributed by atoms with van der Waals surface area (Å²) >= 11 is 0. The first kappa shape index (κ1) is 15.7. The maximum absolute atomic E-state index is 7.80. The van der Waals surface area contributed by atoms with E-state index in [4.69, 9.17) is 15.9 Å². The third-order valence-electron chi connectivity index (χ3n) is 4.55. The minimum atomic E-state index is 0.123. The third kappa shape index (κ3) is 3.69. The van der Waals surface area contributed by atoms with Crippen molar-refractivity contribution in [2.24, 2.45) is 17.6 Å². The summed E-state index contributed by atoms with van der Waals surface area (Å²) in [6, 6.07) is 5.77. The maximum Gasteiger partial charge on any atom is 0.124 e. The number of benzene rings is 1. The Balaban J connectivity index is 2.25. The summed E-state index contributed by atoms with van der Waals surface area (Å²) in [6.45, 7) is 6.67. The Kier molecular flexibility index (Phi) is 5.10. The predicted octanol–water partition coefficient (Wildman–Crippen LogP) is 3.24. The molecule has 4 heteroatoms. The fraction of sp³-hybridized carbons (Fsp3) is 0.588. The summed E-state index contributed by atoms with van der Waals surface area (Å²) < 4.78 is 5.33. The van der Waals surface area contributed by atoms with Gasteiger partial charge in [0.15, 0.2) is 0 Å². The molecule has 0 aliphatic carbocycles. The highest BCUT2D eigenvalue weighted by Crippen LogP contribution is 2.31. The van der Waals surface area contributed by atoms with Gasteiger partial charge in [0.25, 0.3) is 0 Å². The summed E-state index contributed by atoms with van der Waals surface area (Å²) in [5.74, 6) is 2.47. The van der Waals surface area contributed by atoms with Crippen LogP contribution in [0.1, 0.15) is 38.7 Å². The Morgan fingerprint density at radius 3 is 2.71 bits per heavy atom. The fourth-order valence-corrected chi connectivity index (χ4v) is 3.16. The van der Waals surface area contributed by atoms with Crippen LogP contribution in [0, 0.1) is 17.2 Å². The van der Waals surface area contributed by atoms with Crippen LogP contribution >= 0.6 is 0 Å². The van der Waals surface area contributed by atoms with Crippen molar-refractivity contribution in [3.05, 3.63) is 23.8 Å². The van der Waals surface area contributed by atoms with Crippen molar-refractivity contribution in [1.82, 2.24) is 0 Å². The highest BCUT2D eigenvalue weighted by molar-refractivity contribution is 6.00. The van der Waals surface area contributed by atoms with E-state index in [-0.39, 0.29) is 5.84 Å². The molecule has 0 radical (unpaired) electrons. The fourth-order valence-electron chi connectivity index (χ4n) is 3.16. The van der Waals surface area contributed by atoms with Crippen molar-refractivity contribution in [1.29, 1.82) is 5.41 Å². The minimum Gasteiger partial charge on any atom is -0.497 e. The number of hydrogen-bond acceptors (Lipinski definition) is 3. The van der Waals surface area contributed by atoms with Crippen LogP contribution in [0.2, 0.25) is 0 Å². The second kappa shape index (κ2) is 6.83. The smallest absolute Gasteiger partial charge is 0.124 e. The van der Waals surface area contributed by atoms with Crippen LogP contribution in [0.25, 0.3) is 0 Å². The standard InChI is InChI=1S/C17H27N3O/c1-12(2)13-5-4-9-20(10-8-13)16-11-14(21-3)6-7-15(16)17(18)19/h6-7,11-13H,4-5,8-10H2,1-3H3,(H3,18,19). The van der Waals surface area contributed by atoms with E-state index in [1.807, 2.05) is 18.2 Å². The molecule has 0 spiro atoms. The number of ether oxygens (including phenoxy) is 1. The average Bonchev–Trinajstić information content (AvgIpc) is 2.72. The van der Waals surface area contributed by atoms with E-state index >= 15 is 0 Å². The monoisotopic (exact) mass is 289 g/mol. The lowest BCUT2D eigenvalue weighted by Gasteiger charge is -2.26. The lowest BCUT2D eigenvalue weighted by molar-refractivity contribution is 0.351. The molecule has 1 aliphatic heterocycles. The number of hydrogen-bond donors (Lipinski definition) is 2. The topological polar surface area (TPSA) is 62.3 Å². The number of nitrogen functional groups attached to an aromatic ring is 1. The van der Waals surface area contributed by atoms with Gasteiger partial charge in [-0.05, 0) is 43.2 Å². The summed E-state index contributed by atoms with van der Waals surface area (Å²) in [5.41, 5.74) is 7.58. The van der Waals surface area contributed by atoms with Crippen LogP contribution in [-0.4, -0.2) is 26.0 Å². The molecule has 1 saturated heterocycles. The number of nitrogens with zero attached hydrogens (tertiary/aromatic N) is 1. The maximum atomic E-state index is 7.80. The summed E-state index contributed by atoms with van der Waals surface area (Å²) in [5, 5.41) is 7.80. The van der Waals surface area contributed by atoms with Gasteiger partial charge in [0.05, 0.1) is 12.8 Å². The van der Waals surface area contributed by atoms with Gasteiger partial charge in [-0.15, -0.1) is 0 Å². The molecule has 1 heterocycles. The number of anilines is 1. The van der Waals surface area contributed by atoms with E-state index < -0.39 is 0 Å². The summed E-state index contributed by atoms with van der Waals surface area (Å²) in [6.07, 6.45) is 3.68. The van der Waals surface area contributed by atoms with E-state index in [2.05, 4.69) is 18.7 Å². The zero-order chi connectivity index (χ0) is 15.4. The van der Waals surface area contributed by atoms with Gasteiger partial charge < -0.3 is 15.4 Å². The molecular formula is C17H27N3O. The second-order valence-electron chi connectivity index (χ2n) is 6.22. The summed E-state index contributed by atoms with van der Waals surface area (Å²) in [4.78, 5) is 2.36. The minimum absolute atomic E-state index is 0.123. The van der Waals surface area contributed by atoms with Crippen molar-refractivity contribution in [3.63, 3.8) is 0 Å². The van der Waals surface area contributed by atoms with Crippen molar-refractivity contribution < 1.29 is 4.74 Å². The van der Waals surface area contributed by atoms with Crippen molar-refractivity contribution in [2.75, 3.05) is 25.1 Å². The first-order valence-corrected chi connectivity index (χ1v) is 7.80. The molecule has 1 fully saturated rings. The van der Waals surface area contributed by atoms with E-state index in [9.17, 15) is 0 Å². The van der Waals surface area contributed by atoms with Crippen molar-refractivity contribution in [2.45, 2.75) is 33.1 Å². The molecule has 0 saturated carbocycles. The molecular weight excluding hydrogens is 262 g/mol. The van der Waals surface area contributed by atoms with Gasteiger partial charge in [0.1, 0.15) is 11.6 Å². The van der Waals surface area contributed by atoms with E-state index in [1.54, 1.807) is 7.11 Å². The van der Waals surface area contributed by atoms with E-state index in [0.717, 1.165) is 41.9 Å². The molecule has 2 rings (SSSR count). The van der Waals surface area contributed by atoms with Gasteiger partial charge in [-0.2, -0.15) is 0 Å². The molecule has 1 aliphatic rings. The molecule has 21 heavy (non-hydrogen) atoms. The first-order chi connectivity index (χ1) is 10.0. The molecule has 116 valence electrons. The quantitative estimate of drug-likeness (QED) is 0.660. The normalized spacial score (nSPS) is 19.4. The van der Waals surface area contributed by atoms with Crippen molar-refractivity contribution in [3.8, 4) is 5.75 Å². The lowest BCUT2D eigenvalue weighted by atomic mass is 9.89. The van der Waals surface area contributed by atoms with Crippen LogP contribution < -0.4 is 15.4 Å². The number of amidine groups is 1. The van der Waals surface area contributed by atoms with Gasteiger partial charge in [0, 0.05) is 24.7 Å². The highest BCUT2D eigenvalue weighted by atomic mass is 16.5.